The smallest absolute Gasteiger partial charge is 0.254 e. The monoisotopic (exact) mass is 331 g/mol. The molecule has 0 amide bonds. The third-order valence-electron chi connectivity index (χ3n) is 5.54. The SMILES string of the molecule is Cc1cc(C)n2c(=S)n(CN3CCC[C@@H]4CCCC[C@@H]43)nc2n1. The van der Waals surface area contributed by atoms with Gasteiger partial charge in [0.25, 0.3) is 5.78 Å². The number of rotatable bonds is 2. The van der Waals surface area contributed by atoms with Gasteiger partial charge in [0.15, 0.2) is 0 Å². The number of likely N-dealkylation sites (tertiary alicyclic amines) is 1. The molecule has 2 aliphatic rings. The van der Waals surface area contributed by atoms with E-state index in [4.69, 9.17) is 12.2 Å². The average molecular weight is 331 g/mol. The van der Waals surface area contributed by atoms with Crippen LogP contribution in [0.4, 0.5) is 0 Å². The van der Waals surface area contributed by atoms with Crippen molar-refractivity contribution in [2.75, 3.05) is 6.54 Å². The van der Waals surface area contributed by atoms with Gasteiger partial charge >= 0.3 is 0 Å². The molecule has 5 nitrogen and oxygen atoms in total. The van der Waals surface area contributed by atoms with Crippen LogP contribution < -0.4 is 0 Å². The first-order chi connectivity index (χ1) is 11.1. The van der Waals surface area contributed by atoms with E-state index >= 15 is 0 Å². The first kappa shape index (κ1) is 15.3. The molecule has 1 saturated carbocycles. The van der Waals surface area contributed by atoms with Gasteiger partial charge in [-0.15, -0.1) is 5.10 Å². The highest BCUT2D eigenvalue weighted by Gasteiger charge is 2.33. The minimum Gasteiger partial charge on any atom is -0.281 e. The minimum absolute atomic E-state index is 0.722. The van der Waals surface area contributed by atoms with Gasteiger partial charge in [-0.1, -0.05) is 12.8 Å². The molecular formula is C17H25N5S. The van der Waals surface area contributed by atoms with Gasteiger partial charge in [-0.25, -0.2) is 9.67 Å². The van der Waals surface area contributed by atoms with Crippen molar-refractivity contribution >= 4 is 18.0 Å². The van der Waals surface area contributed by atoms with Crippen molar-refractivity contribution in [3.05, 3.63) is 22.2 Å². The second-order valence-electron chi connectivity index (χ2n) is 7.16. The molecule has 2 atom stereocenters. The molecule has 2 aromatic heterocycles. The van der Waals surface area contributed by atoms with E-state index < -0.39 is 0 Å². The Hall–Kier alpha value is -1.27. The zero-order valence-corrected chi connectivity index (χ0v) is 14.8. The van der Waals surface area contributed by atoms with Crippen LogP contribution in [0.15, 0.2) is 6.07 Å². The Balaban J connectivity index is 1.66. The van der Waals surface area contributed by atoms with Crippen molar-refractivity contribution in [1.29, 1.82) is 0 Å². The summed E-state index contributed by atoms with van der Waals surface area (Å²) in [7, 11) is 0. The van der Waals surface area contributed by atoms with Crippen molar-refractivity contribution in [2.24, 2.45) is 5.92 Å². The molecule has 1 aliphatic carbocycles. The molecule has 1 saturated heterocycles. The second-order valence-corrected chi connectivity index (χ2v) is 7.53. The Morgan fingerprint density at radius 2 is 1.96 bits per heavy atom. The Morgan fingerprint density at radius 3 is 2.83 bits per heavy atom. The van der Waals surface area contributed by atoms with Gasteiger partial charge in [0.2, 0.25) is 4.77 Å². The molecule has 23 heavy (non-hydrogen) atoms. The van der Waals surface area contributed by atoms with E-state index in [2.05, 4.69) is 28.0 Å². The van der Waals surface area contributed by atoms with E-state index in [0.717, 1.165) is 40.6 Å². The maximum atomic E-state index is 5.67. The van der Waals surface area contributed by atoms with Crippen molar-refractivity contribution in [1.82, 2.24) is 24.1 Å². The van der Waals surface area contributed by atoms with E-state index in [-0.39, 0.29) is 0 Å². The summed E-state index contributed by atoms with van der Waals surface area (Å²) in [6, 6.07) is 2.78. The standard InChI is InChI=1S/C17H25N5S/c1-12-10-13(2)22-16(18-12)19-21(17(22)23)11-20-9-5-7-14-6-3-4-8-15(14)20/h10,14-15H,3-9,11H2,1-2H3/t14-,15-/m0/s1. The molecule has 4 rings (SSSR count). The molecule has 6 heteroatoms. The molecule has 0 unspecified atom stereocenters. The molecule has 2 aromatic rings. The minimum atomic E-state index is 0.722. The van der Waals surface area contributed by atoms with Crippen molar-refractivity contribution < 1.29 is 0 Å². The summed E-state index contributed by atoms with van der Waals surface area (Å²) in [5.74, 6) is 1.61. The highest BCUT2D eigenvalue weighted by Crippen LogP contribution is 2.35. The molecule has 0 spiro atoms. The Labute approximate surface area is 142 Å². The van der Waals surface area contributed by atoms with Crippen LogP contribution in [0.3, 0.4) is 0 Å². The number of hydrogen-bond acceptors (Lipinski definition) is 4. The maximum Gasteiger partial charge on any atom is 0.254 e. The number of fused-ring (bicyclic) bond motifs is 2. The summed E-state index contributed by atoms with van der Waals surface area (Å²) in [4.78, 5) is 7.15. The van der Waals surface area contributed by atoms with E-state index in [1.165, 1.54) is 45.1 Å². The topological polar surface area (TPSA) is 38.4 Å². The van der Waals surface area contributed by atoms with Gasteiger partial charge in [-0.05, 0) is 63.7 Å². The summed E-state index contributed by atoms with van der Waals surface area (Å²) in [5.41, 5.74) is 2.10. The van der Waals surface area contributed by atoms with E-state index in [0.29, 0.717) is 0 Å². The largest absolute Gasteiger partial charge is 0.281 e. The van der Waals surface area contributed by atoms with Crippen molar-refractivity contribution in [3.63, 3.8) is 0 Å². The lowest BCUT2D eigenvalue weighted by Crippen LogP contribution is -2.47. The third kappa shape index (κ3) is 2.72. The number of hydrogen-bond donors (Lipinski definition) is 0. The van der Waals surface area contributed by atoms with Crippen LogP contribution in [0.1, 0.15) is 49.9 Å². The Morgan fingerprint density at radius 1 is 1.17 bits per heavy atom. The number of aryl methyl sites for hydroxylation is 2. The normalized spacial score (nSPS) is 25.7. The molecule has 0 aromatic carbocycles. The number of aromatic nitrogens is 4. The van der Waals surface area contributed by atoms with Gasteiger partial charge < -0.3 is 0 Å². The summed E-state index contributed by atoms with van der Waals surface area (Å²) < 4.78 is 4.73. The average Bonchev–Trinajstić information content (AvgIpc) is 2.84. The number of nitrogens with zero attached hydrogens (tertiary/aromatic N) is 5. The lowest BCUT2D eigenvalue weighted by Gasteiger charge is -2.43. The van der Waals surface area contributed by atoms with Gasteiger partial charge in [0.05, 0.1) is 6.67 Å². The molecule has 124 valence electrons. The van der Waals surface area contributed by atoms with Crippen LogP contribution in [0.2, 0.25) is 0 Å². The second kappa shape index (κ2) is 5.98. The third-order valence-corrected chi connectivity index (χ3v) is 5.94. The Kier molecular flexibility index (Phi) is 3.97. The Bertz CT molecular complexity index is 775. The predicted octanol–water partition coefficient (Wildman–Crippen LogP) is 3.49. The van der Waals surface area contributed by atoms with Gasteiger partial charge in [-0.3, -0.25) is 9.30 Å². The highest BCUT2D eigenvalue weighted by molar-refractivity contribution is 7.71. The lowest BCUT2D eigenvalue weighted by molar-refractivity contribution is 0.0325. The zero-order chi connectivity index (χ0) is 16.0. The maximum absolute atomic E-state index is 5.67. The quantitative estimate of drug-likeness (QED) is 0.790. The molecule has 0 N–H and O–H groups in total. The predicted molar refractivity (Wildman–Crippen MR) is 93.0 cm³/mol. The molecular weight excluding hydrogens is 306 g/mol. The van der Waals surface area contributed by atoms with Crippen LogP contribution >= 0.6 is 12.2 Å². The van der Waals surface area contributed by atoms with E-state index in [1.807, 2.05) is 16.0 Å². The fourth-order valence-electron chi connectivity index (χ4n) is 4.50. The summed E-state index contributed by atoms with van der Waals surface area (Å²) in [6.45, 7) is 6.05. The molecule has 0 radical (unpaired) electrons. The van der Waals surface area contributed by atoms with Crippen molar-refractivity contribution in [3.8, 4) is 0 Å². The van der Waals surface area contributed by atoms with Crippen LogP contribution in [-0.4, -0.2) is 36.7 Å². The highest BCUT2D eigenvalue weighted by atomic mass is 32.1. The summed E-state index contributed by atoms with van der Waals surface area (Å²) >= 11 is 5.67. The van der Waals surface area contributed by atoms with Gasteiger partial charge in [-0.2, -0.15) is 0 Å². The van der Waals surface area contributed by atoms with E-state index in [9.17, 15) is 0 Å². The molecule has 1 aliphatic heterocycles. The first-order valence-corrected chi connectivity index (χ1v) is 9.22. The van der Waals surface area contributed by atoms with Gasteiger partial charge in [0, 0.05) is 24.0 Å². The first-order valence-electron chi connectivity index (χ1n) is 8.81. The van der Waals surface area contributed by atoms with Gasteiger partial charge in [0.1, 0.15) is 0 Å². The molecule has 0 bridgehead atoms. The van der Waals surface area contributed by atoms with Crippen LogP contribution in [0.5, 0.6) is 0 Å². The fraction of sp³-hybridized carbons (Fsp3) is 0.706. The van der Waals surface area contributed by atoms with Crippen LogP contribution in [-0.2, 0) is 6.67 Å². The molecule has 3 heterocycles. The summed E-state index contributed by atoms with van der Waals surface area (Å²) in [6.07, 6.45) is 8.22. The zero-order valence-electron chi connectivity index (χ0n) is 14.0. The fourth-order valence-corrected chi connectivity index (χ4v) is 4.83. The van der Waals surface area contributed by atoms with Crippen LogP contribution in [0.25, 0.3) is 5.78 Å². The number of piperidine rings is 1. The molecule has 2 fully saturated rings. The van der Waals surface area contributed by atoms with E-state index in [1.54, 1.807) is 0 Å². The van der Waals surface area contributed by atoms with Crippen LogP contribution in [0, 0.1) is 24.5 Å². The van der Waals surface area contributed by atoms with Crippen molar-refractivity contribution in [2.45, 2.75) is 65.1 Å². The lowest BCUT2D eigenvalue weighted by atomic mass is 9.78. The summed E-state index contributed by atoms with van der Waals surface area (Å²) in [5, 5.41) is 4.69.